The van der Waals surface area contributed by atoms with Gasteiger partial charge in [-0.05, 0) is 29.8 Å². The Bertz CT molecular complexity index is 440. The minimum absolute atomic E-state index is 0.198. The standard InChI is InChI=1S/C12H14N2O3/c1-16-9-4-2-8(3-5-9)11-6-10(17-14-11)7-12(13)15/h2-5,10H,6-7H2,1H3,(H2,13,15)/t10-/m1/s1. The first kappa shape index (κ1) is 11.4. The average molecular weight is 234 g/mol. The van der Waals surface area contributed by atoms with Gasteiger partial charge in [0.1, 0.15) is 11.9 Å². The van der Waals surface area contributed by atoms with Crippen molar-refractivity contribution in [1.82, 2.24) is 0 Å². The molecule has 0 bridgehead atoms. The molecule has 1 amide bonds. The van der Waals surface area contributed by atoms with Gasteiger partial charge in [0.2, 0.25) is 5.91 Å². The van der Waals surface area contributed by atoms with Gasteiger partial charge < -0.3 is 15.3 Å². The van der Waals surface area contributed by atoms with Crippen molar-refractivity contribution in [3.05, 3.63) is 29.8 Å². The lowest BCUT2D eigenvalue weighted by molar-refractivity contribution is -0.120. The highest BCUT2D eigenvalue weighted by atomic mass is 16.6. The molecule has 5 heteroatoms. The predicted octanol–water partition coefficient (Wildman–Crippen LogP) is 1.06. The van der Waals surface area contributed by atoms with Crippen LogP contribution in [0.1, 0.15) is 18.4 Å². The number of rotatable bonds is 4. The summed E-state index contributed by atoms with van der Waals surface area (Å²) in [6, 6.07) is 7.54. The summed E-state index contributed by atoms with van der Waals surface area (Å²) in [6.07, 6.45) is 0.572. The van der Waals surface area contributed by atoms with Crippen molar-refractivity contribution in [3.8, 4) is 5.75 Å². The lowest BCUT2D eigenvalue weighted by atomic mass is 10.0. The summed E-state index contributed by atoms with van der Waals surface area (Å²) in [5.41, 5.74) is 6.91. The Morgan fingerprint density at radius 1 is 1.53 bits per heavy atom. The second-order valence-electron chi connectivity index (χ2n) is 3.87. The van der Waals surface area contributed by atoms with E-state index in [-0.39, 0.29) is 18.4 Å². The number of nitrogens with two attached hydrogens (primary N) is 1. The van der Waals surface area contributed by atoms with E-state index in [4.69, 9.17) is 15.3 Å². The third-order valence-corrected chi connectivity index (χ3v) is 2.59. The minimum Gasteiger partial charge on any atom is -0.497 e. The normalized spacial score (nSPS) is 18.4. The number of hydrogen-bond acceptors (Lipinski definition) is 4. The molecule has 0 saturated carbocycles. The van der Waals surface area contributed by atoms with E-state index in [1.54, 1.807) is 7.11 Å². The highest BCUT2D eigenvalue weighted by molar-refractivity contribution is 6.01. The molecule has 1 aliphatic heterocycles. The number of methoxy groups -OCH3 is 1. The zero-order chi connectivity index (χ0) is 12.3. The van der Waals surface area contributed by atoms with Crippen molar-refractivity contribution in [1.29, 1.82) is 0 Å². The number of hydrogen-bond donors (Lipinski definition) is 1. The topological polar surface area (TPSA) is 73.9 Å². The molecular weight excluding hydrogens is 220 g/mol. The van der Waals surface area contributed by atoms with Crippen LogP contribution in [0.25, 0.3) is 0 Å². The molecule has 1 aromatic rings. The van der Waals surface area contributed by atoms with Crippen LogP contribution in [0.4, 0.5) is 0 Å². The molecule has 17 heavy (non-hydrogen) atoms. The Morgan fingerprint density at radius 2 is 2.24 bits per heavy atom. The number of benzene rings is 1. The van der Waals surface area contributed by atoms with Crippen LogP contribution < -0.4 is 10.5 Å². The molecule has 2 N–H and O–H groups in total. The number of nitrogens with zero attached hydrogens (tertiary/aromatic N) is 1. The lowest BCUT2D eigenvalue weighted by Crippen LogP contribution is -2.20. The number of carbonyl (C=O) groups is 1. The fourth-order valence-corrected chi connectivity index (χ4v) is 1.72. The largest absolute Gasteiger partial charge is 0.497 e. The SMILES string of the molecule is COc1ccc(C2=NO[C@@H](CC(N)=O)C2)cc1. The van der Waals surface area contributed by atoms with Gasteiger partial charge in [0.25, 0.3) is 0 Å². The van der Waals surface area contributed by atoms with Gasteiger partial charge in [-0.2, -0.15) is 0 Å². The van der Waals surface area contributed by atoms with Crippen molar-refractivity contribution >= 4 is 11.6 Å². The van der Waals surface area contributed by atoms with Gasteiger partial charge in [0, 0.05) is 6.42 Å². The Balaban J connectivity index is 2.02. The summed E-state index contributed by atoms with van der Waals surface area (Å²) in [7, 11) is 1.62. The van der Waals surface area contributed by atoms with Crippen molar-refractivity contribution in [2.24, 2.45) is 10.9 Å². The second-order valence-corrected chi connectivity index (χ2v) is 3.87. The van der Waals surface area contributed by atoms with Crippen LogP contribution in [-0.2, 0) is 9.63 Å². The van der Waals surface area contributed by atoms with Gasteiger partial charge in [0.15, 0.2) is 0 Å². The maximum absolute atomic E-state index is 10.8. The molecule has 0 fully saturated rings. The van der Waals surface area contributed by atoms with Crippen molar-refractivity contribution in [2.45, 2.75) is 18.9 Å². The minimum atomic E-state index is -0.374. The van der Waals surface area contributed by atoms with Crippen LogP contribution in [0.15, 0.2) is 29.4 Å². The number of oxime groups is 1. The monoisotopic (exact) mass is 234 g/mol. The van der Waals surface area contributed by atoms with E-state index in [9.17, 15) is 4.79 Å². The Kier molecular flexibility index (Phi) is 3.27. The highest BCUT2D eigenvalue weighted by Crippen LogP contribution is 2.20. The molecule has 1 atom stereocenters. The maximum Gasteiger partial charge on any atom is 0.221 e. The Hall–Kier alpha value is -2.04. The first-order valence-corrected chi connectivity index (χ1v) is 5.34. The molecule has 1 aromatic carbocycles. The number of carbonyl (C=O) groups excluding carboxylic acids is 1. The molecule has 1 heterocycles. The van der Waals surface area contributed by atoms with Gasteiger partial charge in [-0.1, -0.05) is 5.16 Å². The fraction of sp³-hybridized carbons (Fsp3) is 0.333. The molecular formula is C12H14N2O3. The highest BCUT2D eigenvalue weighted by Gasteiger charge is 2.23. The van der Waals surface area contributed by atoms with Crippen molar-refractivity contribution in [3.63, 3.8) is 0 Å². The van der Waals surface area contributed by atoms with Gasteiger partial charge in [-0.25, -0.2) is 0 Å². The van der Waals surface area contributed by atoms with Crippen LogP contribution in [0, 0.1) is 0 Å². The van der Waals surface area contributed by atoms with Gasteiger partial charge >= 0.3 is 0 Å². The zero-order valence-corrected chi connectivity index (χ0v) is 9.55. The molecule has 0 saturated heterocycles. The number of ether oxygens (including phenoxy) is 1. The maximum atomic E-state index is 10.8. The van der Waals surface area contributed by atoms with E-state index >= 15 is 0 Å². The first-order chi connectivity index (χ1) is 8.19. The van der Waals surface area contributed by atoms with E-state index in [2.05, 4.69) is 5.16 Å². The molecule has 0 unspecified atom stereocenters. The predicted molar refractivity (Wildman–Crippen MR) is 62.8 cm³/mol. The van der Waals surface area contributed by atoms with Gasteiger partial charge in [0.05, 0.1) is 19.2 Å². The third kappa shape index (κ3) is 2.75. The molecule has 1 aliphatic rings. The third-order valence-electron chi connectivity index (χ3n) is 2.59. The summed E-state index contributed by atoms with van der Waals surface area (Å²) >= 11 is 0. The van der Waals surface area contributed by atoms with E-state index in [1.165, 1.54) is 0 Å². The van der Waals surface area contributed by atoms with E-state index in [1.807, 2.05) is 24.3 Å². The Labute approximate surface area is 99.2 Å². The molecule has 0 aromatic heterocycles. The van der Waals surface area contributed by atoms with Gasteiger partial charge in [-0.15, -0.1) is 0 Å². The smallest absolute Gasteiger partial charge is 0.221 e. The molecule has 0 aliphatic carbocycles. The summed E-state index contributed by atoms with van der Waals surface area (Å²) < 4.78 is 5.07. The summed E-state index contributed by atoms with van der Waals surface area (Å²) in [4.78, 5) is 15.9. The van der Waals surface area contributed by atoms with E-state index in [0.717, 1.165) is 17.0 Å². The van der Waals surface area contributed by atoms with E-state index < -0.39 is 0 Å². The summed E-state index contributed by atoms with van der Waals surface area (Å²) in [5, 5.41) is 3.96. The van der Waals surface area contributed by atoms with Crippen LogP contribution in [0.5, 0.6) is 5.75 Å². The van der Waals surface area contributed by atoms with Crippen molar-refractivity contribution < 1.29 is 14.4 Å². The quantitative estimate of drug-likeness (QED) is 0.846. The first-order valence-electron chi connectivity index (χ1n) is 5.34. The van der Waals surface area contributed by atoms with Crippen LogP contribution in [-0.4, -0.2) is 24.8 Å². The molecule has 5 nitrogen and oxygen atoms in total. The fourth-order valence-electron chi connectivity index (χ4n) is 1.72. The Morgan fingerprint density at radius 3 is 2.82 bits per heavy atom. The summed E-state index contributed by atoms with van der Waals surface area (Å²) in [6.45, 7) is 0. The molecule has 0 spiro atoms. The zero-order valence-electron chi connectivity index (χ0n) is 9.55. The molecule has 2 rings (SSSR count). The lowest BCUT2D eigenvalue weighted by Gasteiger charge is -2.04. The summed E-state index contributed by atoms with van der Waals surface area (Å²) in [5.74, 6) is 0.420. The van der Waals surface area contributed by atoms with Crippen LogP contribution in [0.2, 0.25) is 0 Å². The second kappa shape index (κ2) is 4.86. The molecule has 90 valence electrons. The average Bonchev–Trinajstić information content (AvgIpc) is 2.77. The van der Waals surface area contributed by atoms with Crippen molar-refractivity contribution in [2.75, 3.05) is 7.11 Å². The van der Waals surface area contributed by atoms with E-state index in [0.29, 0.717) is 6.42 Å². The number of primary amides is 1. The van der Waals surface area contributed by atoms with Crippen LogP contribution in [0.3, 0.4) is 0 Å². The van der Waals surface area contributed by atoms with Gasteiger partial charge in [-0.3, -0.25) is 4.79 Å². The number of amides is 1. The van der Waals surface area contributed by atoms with Crippen LogP contribution >= 0.6 is 0 Å². The molecule has 0 radical (unpaired) electrons.